The molecule has 204 valence electrons. The average molecular weight is 660 g/mol. The number of halogens is 1. The number of rotatable bonds is 9. The van der Waals surface area contributed by atoms with Crippen LogP contribution < -0.4 is 29.3 Å². The van der Waals surface area contributed by atoms with Crippen LogP contribution in [-0.4, -0.2) is 45.0 Å². The van der Waals surface area contributed by atoms with Gasteiger partial charge < -0.3 is 19.1 Å². The standard InChI is InChI=1S/C29H30IN3O5S/c1-7-13-38-26-21(30)14-18(15-22(26)36-6)16-23-27(34)33-25(19-9-11-20(12-10-19)32(4)5)24(28(35)37-8-2)17(3)31-29(33)39-23/h7,9-12,14-16,25H,1,8,13H2,2-6H3/b23-16-/t25-/m1/s1. The molecule has 2 heterocycles. The summed E-state index contributed by atoms with van der Waals surface area (Å²) in [5, 5.41) is 0. The van der Waals surface area contributed by atoms with Crippen molar-refractivity contribution in [1.82, 2.24) is 4.57 Å². The van der Waals surface area contributed by atoms with Gasteiger partial charge in [-0.05, 0) is 77.9 Å². The second kappa shape index (κ2) is 12.2. The molecule has 0 saturated carbocycles. The number of esters is 1. The Bertz CT molecular complexity index is 1620. The molecule has 0 aliphatic carbocycles. The summed E-state index contributed by atoms with van der Waals surface area (Å²) in [6.07, 6.45) is 3.47. The zero-order chi connectivity index (χ0) is 28.3. The van der Waals surface area contributed by atoms with Crippen molar-refractivity contribution in [3.8, 4) is 11.5 Å². The van der Waals surface area contributed by atoms with Crippen LogP contribution in [0.5, 0.6) is 11.5 Å². The Morgan fingerprint density at radius 2 is 1.97 bits per heavy atom. The van der Waals surface area contributed by atoms with E-state index in [0.29, 0.717) is 38.7 Å². The van der Waals surface area contributed by atoms with Crippen LogP contribution in [0.25, 0.3) is 6.08 Å². The summed E-state index contributed by atoms with van der Waals surface area (Å²) < 4.78 is 19.6. The van der Waals surface area contributed by atoms with Crippen molar-refractivity contribution in [2.75, 3.05) is 39.3 Å². The van der Waals surface area contributed by atoms with Crippen LogP contribution in [0.4, 0.5) is 5.69 Å². The van der Waals surface area contributed by atoms with Gasteiger partial charge in [0.15, 0.2) is 16.3 Å². The molecule has 0 radical (unpaired) electrons. The number of nitrogens with zero attached hydrogens (tertiary/aromatic N) is 3. The molecule has 10 heteroatoms. The van der Waals surface area contributed by atoms with Gasteiger partial charge in [-0.3, -0.25) is 9.36 Å². The van der Waals surface area contributed by atoms with E-state index in [0.717, 1.165) is 20.4 Å². The van der Waals surface area contributed by atoms with Crippen molar-refractivity contribution in [1.29, 1.82) is 0 Å². The zero-order valence-electron chi connectivity index (χ0n) is 22.5. The van der Waals surface area contributed by atoms with Crippen LogP contribution in [-0.2, 0) is 9.53 Å². The molecule has 0 saturated heterocycles. The lowest BCUT2D eigenvalue weighted by molar-refractivity contribution is -0.139. The van der Waals surface area contributed by atoms with Gasteiger partial charge in [0.05, 0.1) is 39.1 Å². The van der Waals surface area contributed by atoms with Crippen molar-refractivity contribution in [3.05, 3.63) is 94.7 Å². The summed E-state index contributed by atoms with van der Waals surface area (Å²) in [4.78, 5) is 34.2. The molecule has 0 spiro atoms. The molecule has 0 unspecified atom stereocenters. The molecule has 39 heavy (non-hydrogen) atoms. The molecule has 0 bridgehead atoms. The summed E-state index contributed by atoms with van der Waals surface area (Å²) in [7, 11) is 5.49. The van der Waals surface area contributed by atoms with Crippen LogP contribution >= 0.6 is 33.9 Å². The molecule has 1 aromatic heterocycles. The third-order valence-electron chi connectivity index (χ3n) is 6.14. The molecule has 1 atom stereocenters. The predicted molar refractivity (Wildman–Crippen MR) is 163 cm³/mol. The second-order valence-electron chi connectivity index (χ2n) is 8.92. The smallest absolute Gasteiger partial charge is 0.338 e. The number of carbonyl (C=O) groups is 1. The fourth-order valence-corrected chi connectivity index (χ4v) is 6.15. The Kier molecular flexibility index (Phi) is 8.96. The molecule has 2 aromatic carbocycles. The van der Waals surface area contributed by atoms with Gasteiger partial charge in [-0.2, -0.15) is 0 Å². The van der Waals surface area contributed by atoms with Crippen molar-refractivity contribution >= 4 is 51.7 Å². The highest BCUT2D eigenvalue weighted by Crippen LogP contribution is 2.34. The fraction of sp³-hybridized carbons (Fsp3) is 0.276. The number of fused-ring (bicyclic) bond motifs is 1. The molecule has 1 aliphatic heterocycles. The maximum atomic E-state index is 13.9. The molecule has 0 N–H and O–H groups in total. The molecular formula is C29H30IN3O5S. The number of methoxy groups -OCH3 is 1. The average Bonchev–Trinajstić information content (AvgIpc) is 3.21. The Morgan fingerprint density at radius 1 is 1.26 bits per heavy atom. The first-order valence-electron chi connectivity index (χ1n) is 12.3. The van der Waals surface area contributed by atoms with E-state index in [1.807, 2.05) is 55.4 Å². The van der Waals surface area contributed by atoms with Crippen LogP contribution in [0.15, 0.2) is 70.1 Å². The first-order valence-corrected chi connectivity index (χ1v) is 14.2. The van der Waals surface area contributed by atoms with Gasteiger partial charge in [0.2, 0.25) is 0 Å². The Labute approximate surface area is 244 Å². The predicted octanol–water partition coefficient (Wildman–Crippen LogP) is 4.04. The van der Waals surface area contributed by atoms with E-state index in [1.54, 1.807) is 37.7 Å². The highest BCUT2D eigenvalue weighted by atomic mass is 127. The van der Waals surface area contributed by atoms with Gasteiger partial charge in [0, 0.05) is 19.8 Å². The number of ether oxygens (including phenoxy) is 3. The lowest BCUT2D eigenvalue weighted by Gasteiger charge is -2.25. The lowest BCUT2D eigenvalue weighted by atomic mass is 9.95. The van der Waals surface area contributed by atoms with E-state index in [-0.39, 0.29) is 12.2 Å². The van der Waals surface area contributed by atoms with Gasteiger partial charge in [0.1, 0.15) is 6.61 Å². The monoisotopic (exact) mass is 659 g/mol. The highest BCUT2D eigenvalue weighted by Gasteiger charge is 2.33. The maximum absolute atomic E-state index is 13.9. The van der Waals surface area contributed by atoms with Gasteiger partial charge >= 0.3 is 5.97 Å². The van der Waals surface area contributed by atoms with Crippen LogP contribution in [0, 0.1) is 3.57 Å². The van der Waals surface area contributed by atoms with E-state index >= 15 is 0 Å². The number of thiazole rings is 1. The number of hydrogen-bond donors (Lipinski definition) is 0. The second-order valence-corrected chi connectivity index (χ2v) is 11.1. The fourth-order valence-electron chi connectivity index (χ4n) is 4.32. The van der Waals surface area contributed by atoms with E-state index in [1.165, 1.54) is 11.3 Å². The number of carbonyl (C=O) groups excluding carboxylic acids is 1. The van der Waals surface area contributed by atoms with Crippen molar-refractivity contribution < 1.29 is 19.0 Å². The maximum Gasteiger partial charge on any atom is 0.338 e. The lowest BCUT2D eigenvalue weighted by Crippen LogP contribution is -2.39. The number of allylic oxidation sites excluding steroid dienone is 1. The molecule has 0 fully saturated rings. The van der Waals surface area contributed by atoms with Gasteiger partial charge in [0.25, 0.3) is 5.56 Å². The number of aromatic nitrogens is 1. The molecule has 3 aromatic rings. The van der Waals surface area contributed by atoms with Crippen LogP contribution in [0.2, 0.25) is 0 Å². The van der Waals surface area contributed by atoms with Crippen molar-refractivity contribution in [2.24, 2.45) is 4.99 Å². The summed E-state index contributed by atoms with van der Waals surface area (Å²) in [6.45, 7) is 7.80. The summed E-state index contributed by atoms with van der Waals surface area (Å²) in [6, 6.07) is 10.9. The zero-order valence-corrected chi connectivity index (χ0v) is 25.5. The van der Waals surface area contributed by atoms with Gasteiger partial charge in [-0.15, -0.1) is 0 Å². The van der Waals surface area contributed by atoms with Gasteiger partial charge in [-0.1, -0.05) is 36.1 Å². The number of benzene rings is 2. The summed E-state index contributed by atoms with van der Waals surface area (Å²) in [5.41, 5.74) is 3.23. The Balaban J connectivity index is 1.89. The summed E-state index contributed by atoms with van der Waals surface area (Å²) in [5.74, 6) is 0.693. The topological polar surface area (TPSA) is 82.4 Å². The molecule has 8 nitrogen and oxygen atoms in total. The first kappa shape index (κ1) is 28.6. The number of hydrogen-bond acceptors (Lipinski definition) is 8. The molecule has 0 amide bonds. The molecule has 4 rings (SSSR count). The van der Waals surface area contributed by atoms with E-state index < -0.39 is 12.0 Å². The normalized spacial score (nSPS) is 14.9. The highest BCUT2D eigenvalue weighted by molar-refractivity contribution is 14.1. The SMILES string of the molecule is C=CCOc1c(I)cc(/C=c2\sc3n(c2=O)[C@H](c2ccc(N(C)C)cc2)C(C(=O)OCC)=C(C)N=3)cc1OC. The van der Waals surface area contributed by atoms with Crippen LogP contribution in [0.3, 0.4) is 0 Å². The van der Waals surface area contributed by atoms with Crippen molar-refractivity contribution in [2.45, 2.75) is 19.9 Å². The van der Waals surface area contributed by atoms with Crippen LogP contribution in [0.1, 0.15) is 31.0 Å². The minimum Gasteiger partial charge on any atom is -0.493 e. The minimum absolute atomic E-state index is 0.222. The Hall–Kier alpha value is -3.38. The first-order chi connectivity index (χ1) is 18.7. The largest absolute Gasteiger partial charge is 0.493 e. The van der Waals surface area contributed by atoms with Gasteiger partial charge in [-0.25, -0.2) is 9.79 Å². The molecule has 1 aliphatic rings. The molecular weight excluding hydrogens is 629 g/mol. The third-order valence-corrected chi connectivity index (χ3v) is 7.92. The summed E-state index contributed by atoms with van der Waals surface area (Å²) >= 11 is 3.46. The Morgan fingerprint density at radius 3 is 2.59 bits per heavy atom. The minimum atomic E-state index is -0.664. The number of anilines is 1. The third kappa shape index (κ3) is 5.81. The van der Waals surface area contributed by atoms with Crippen molar-refractivity contribution in [3.63, 3.8) is 0 Å². The van der Waals surface area contributed by atoms with E-state index in [4.69, 9.17) is 14.2 Å². The van der Waals surface area contributed by atoms with E-state index in [9.17, 15) is 9.59 Å². The quantitative estimate of drug-likeness (QED) is 0.196. The van der Waals surface area contributed by atoms with E-state index in [2.05, 4.69) is 34.2 Å².